The van der Waals surface area contributed by atoms with E-state index in [9.17, 15) is 9.18 Å². The number of ether oxygens (including phenoxy) is 1. The summed E-state index contributed by atoms with van der Waals surface area (Å²) in [6.45, 7) is 6.62. The van der Waals surface area contributed by atoms with Crippen LogP contribution in [0.15, 0.2) is 24.3 Å². The number of aromatic nitrogens is 2. The number of halogens is 1. The Morgan fingerprint density at radius 1 is 1.11 bits per heavy atom. The highest BCUT2D eigenvalue weighted by Gasteiger charge is 2.51. The number of rotatable bonds is 4. The number of aryl methyl sites for hydroxylation is 2. The molecule has 1 saturated carbocycles. The standard InChI is InChI=1S/C20H23FN4O2/c1-13-17(14(2)23-19(22-13)25-9-11-27-12-10-25)24-18(26)20(7-8-20)15-3-5-16(21)6-4-15/h3-6H,7-12H2,1-2H3,(H,24,26). The van der Waals surface area contributed by atoms with E-state index in [0.29, 0.717) is 24.8 Å². The van der Waals surface area contributed by atoms with Crippen molar-refractivity contribution in [2.45, 2.75) is 32.1 Å². The zero-order valence-corrected chi connectivity index (χ0v) is 15.6. The largest absolute Gasteiger partial charge is 0.378 e. The molecule has 0 bridgehead atoms. The van der Waals surface area contributed by atoms with Crippen molar-refractivity contribution < 1.29 is 13.9 Å². The number of amides is 1. The number of morpholine rings is 1. The van der Waals surface area contributed by atoms with Crippen LogP contribution >= 0.6 is 0 Å². The van der Waals surface area contributed by atoms with Gasteiger partial charge in [-0.25, -0.2) is 14.4 Å². The van der Waals surface area contributed by atoms with E-state index < -0.39 is 5.41 Å². The quantitative estimate of drug-likeness (QED) is 0.896. The number of nitrogens with one attached hydrogen (secondary N) is 1. The summed E-state index contributed by atoms with van der Waals surface area (Å²) in [6.07, 6.45) is 1.52. The molecule has 0 radical (unpaired) electrons. The molecule has 1 aromatic heterocycles. The minimum atomic E-state index is -0.574. The number of hydrogen-bond acceptors (Lipinski definition) is 5. The van der Waals surface area contributed by atoms with Gasteiger partial charge in [0.25, 0.3) is 0 Å². The van der Waals surface area contributed by atoms with Gasteiger partial charge in [-0.3, -0.25) is 4.79 Å². The first-order valence-electron chi connectivity index (χ1n) is 9.25. The van der Waals surface area contributed by atoms with E-state index >= 15 is 0 Å². The van der Waals surface area contributed by atoms with Gasteiger partial charge < -0.3 is 15.0 Å². The zero-order valence-electron chi connectivity index (χ0n) is 15.6. The maximum absolute atomic E-state index is 13.2. The number of anilines is 2. The third-order valence-electron chi connectivity index (χ3n) is 5.37. The Morgan fingerprint density at radius 2 is 1.70 bits per heavy atom. The molecule has 0 spiro atoms. The molecule has 1 aromatic carbocycles. The van der Waals surface area contributed by atoms with E-state index in [-0.39, 0.29) is 11.7 Å². The van der Waals surface area contributed by atoms with Gasteiger partial charge in [0.05, 0.1) is 35.7 Å². The average Bonchev–Trinajstić information content (AvgIpc) is 3.47. The monoisotopic (exact) mass is 370 g/mol. The summed E-state index contributed by atoms with van der Waals surface area (Å²) >= 11 is 0. The third-order valence-corrected chi connectivity index (χ3v) is 5.37. The van der Waals surface area contributed by atoms with Crippen molar-refractivity contribution in [3.05, 3.63) is 47.0 Å². The first-order chi connectivity index (χ1) is 13.0. The predicted molar refractivity (Wildman–Crippen MR) is 100 cm³/mol. The minimum absolute atomic E-state index is 0.0805. The molecule has 0 atom stereocenters. The molecule has 0 unspecified atom stereocenters. The first kappa shape index (κ1) is 17.9. The van der Waals surface area contributed by atoms with Gasteiger partial charge in [0, 0.05) is 13.1 Å². The highest BCUT2D eigenvalue weighted by atomic mass is 19.1. The third kappa shape index (κ3) is 3.39. The zero-order chi connectivity index (χ0) is 19.0. The van der Waals surface area contributed by atoms with Crippen LogP contribution in [-0.4, -0.2) is 42.2 Å². The number of carbonyl (C=O) groups excluding carboxylic acids is 1. The van der Waals surface area contributed by atoms with Crippen LogP contribution in [0.25, 0.3) is 0 Å². The summed E-state index contributed by atoms with van der Waals surface area (Å²) in [5.74, 6) is 0.294. The van der Waals surface area contributed by atoms with Gasteiger partial charge in [-0.2, -0.15) is 0 Å². The summed E-state index contributed by atoms with van der Waals surface area (Å²) in [5, 5.41) is 3.02. The Morgan fingerprint density at radius 3 is 2.26 bits per heavy atom. The van der Waals surface area contributed by atoms with E-state index in [1.54, 1.807) is 12.1 Å². The second-order valence-electron chi connectivity index (χ2n) is 7.21. The van der Waals surface area contributed by atoms with Crippen molar-refractivity contribution in [1.82, 2.24) is 9.97 Å². The van der Waals surface area contributed by atoms with Crippen LogP contribution in [0.3, 0.4) is 0 Å². The second kappa shape index (κ2) is 6.88. The molecule has 1 amide bonds. The molecule has 1 aliphatic carbocycles. The molecule has 27 heavy (non-hydrogen) atoms. The van der Waals surface area contributed by atoms with E-state index in [1.165, 1.54) is 12.1 Å². The lowest BCUT2D eigenvalue weighted by Crippen LogP contribution is -2.37. The number of hydrogen-bond donors (Lipinski definition) is 1. The average molecular weight is 370 g/mol. The Labute approximate surface area is 157 Å². The lowest BCUT2D eigenvalue weighted by molar-refractivity contribution is -0.118. The molecule has 4 rings (SSSR count). The van der Waals surface area contributed by atoms with Crippen LogP contribution in [0, 0.1) is 19.7 Å². The minimum Gasteiger partial charge on any atom is -0.378 e. The fourth-order valence-corrected chi connectivity index (χ4v) is 3.56. The molecule has 2 aliphatic rings. The number of benzene rings is 1. The van der Waals surface area contributed by atoms with Gasteiger partial charge >= 0.3 is 0 Å². The first-order valence-corrected chi connectivity index (χ1v) is 9.25. The molecule has 7 heteroatoms. The van der Waals surface area contributed by atoms with Gasteiger partial charge in [-0.1, -0.05) is 12.1 Å². The van der Waals surface area contributed by atoms with Crippen molar-refractivity contribution in [3.63, 3.8) is 0 Å². The highest BCUT2D eigenvalue weighted by molar-refractivity contribution is 6.02. The fraction of sp³-hybridized carbons (Fsp3) is 0.450. The normalized spacial score (nSPS) is 18.3. The van der Waals surface area contributed by atoms with Gasteiger partial charge in [-0.05, 0) is 44.4 Å². The highest BCUT2D eigenvalue weighted by Crippen LogP contribution is 2.49. The van der Waals surface area contributed by atoms with E-state index in [0.717, 1.165) is 42.9 Å². The Bertz CT molecular complexity index is 836. The van der Waals surface area contributed by atoms with Crippen LogP contribution in [-0.2, 0) is 14.9 Å². The van der Waals surface area contributed by atoms with Gasteiger partial charge in [0.15, 0.2) is 0 Å². The summed E-state index contributed by atoms with van der Waals surface area (Å²) in [4.78, 5) is 24.3. The van der Waals surface area contributed by atoms with Crippen molar-refractivity contribution >= 4 is 17.5 Å². The Balaban J connectivity index is 1.55. The van der Waals surface area contributed by atoms with Crippen molar-refractivity contribution in [2.75, 3.05) is 36.5 Å². The summed E-state index contributed by atoms with van der Waals surface area (Å²) in [6, 6.07) is 6.19. The van der Waals surface area contributed by atoms with Crippen molar-refractivity contribution in [1.29, 1.82) is 0 Å². The van der Waals surface area contributed by atoms with E-state index in [1.807, 2.05) is 13.8 Å². The molecule has 1 saturated heterocycles. The second-order valence-corrected chi connectivity index (χ2v) is 7.21. The molecule has 6 nitrogen and oxygen atoms in total. The molecule has 2 heterocycles. The molecular weight excluding hydrogens is 347 g/mol. The van der Waals surface area contributed by atoms with Gasteiger partial charge in [0.2, 0.25) is 11.9 Å². The van der Waals surface area contributed by atoms with E-state index in [4.69, 9.17) is 4.74 Å². The van der Waals surface area contributed by atoms with Gasteiger partial charge in [-0.15, -0.1) is 0 Å². The molecule has 142 valence electrons. The summed E-state index contributed by atoms with van der Waals surface area (Å²) < 4.78 is 18.6. The SMILES string of the molecule is Cc1nc(N2CCOCC2)nc(C)c1NC(=O)C1(c2ccc(F)cc2)CC1. The van der Waals surface area contributed by atoms with Crippen LogP contribution in [0.4, 0.5) is 16.0 Å². The maximum Gasteiger partial charge on any atom is 0.235 e. The van der Waals surface area contributed by atoms with Crippen LogP contribution in [0.2, 0.25) is 0 Å². The summed E-state index contributed by atoms with van der Waals surface area (Å²) in [7, 11) is 0. The van der Waals surface area contributed by atoms with Crippen LogP contribution < -0.4 is 10.2 Å². The predicted octanol–water partition coefficient (Wildman–Crippen LogP) is 2.74. The topological polar surface area (TPSA) is 67.3 Å². The maximum atomic E-state index is 13.2. The Kier molecular flexibility index (Phi) is 4.55. The van der Waals surface area contributed by atoms with Crippen molar-refractivity contribution in [2.24, 2.45) is 0 Å². The number of carbonyl (C=O) groups is 1. The van der Waals surface area contributed by atoms with Crippen molar-refractivity contribution in [3.8, 4) is 0 Å². The van der Waals surface area contributed by atoms with Crippen LogP contribution in [0.5, 0.6) is 0 Å². The molecule has 2 fully saturated rings. The lowest BCUT2D eigenvalue weighted by atomic mass is 9.95. The smallest absolute Gasteiger partial charge is 0.235 e. The van der Waals surface area contributed by atoms with Gasteiger partial charge in [0.1, 0.15) is 5.82 Å². The fourth-order valence-electron chi connectivity index (χ4n) is 3.56. The molecule has 1 N–H and O–H groups in total. The lowest BCUT2D eigenvalue weighted by Gasteiger charge is -2.27. The molecule has 1 aliphatic heterocycles. The molecular formula is C20H23FN4O2. The molecule has 2 aromatic rings. The van der Waals surface area contributed by atoms with Crippen LogP contribution in [0.1, 0.15) is 29.8 Å². The number of nitrogens with zero attached hydrogens (tertiary/aromatic N) is 3. The van der Waals surface area contributed by atoms with E-state index in [2.05, 4.69) is 20.2 Å². The summed E-state index contributed by atoms with van der Waals surface area (Å²) in [5.41, 5.74) is 2.42. The Hall–Kier alpha value is -2.54.